The minimum Gasteiger partial charge on any atom is -0.368 e. The molecule has 0 saturated carbocycles. The number of pyridine rings is 2. The molecule has 0 bridgehead atoms. The minimum absolute atomic E-state index is 0.0940. The lowest BCUT2D eigenvalue weighted by atomic mass is 10.0. The Bertz CT molecular complexity index is 1310. The zero-order valence-electron chi connectivity index (χ0n) is 17.5. The summed E-state index contributed by atoms with van der Waals surface area (Å²) in [6.07, 6.45) is 5.56. The van der Waals surface area contributed by atoms with Crippen LogP contribution in [0.3, 0.4) is 0 Å². The largest absolute Gasteiger partial charge is 0.368 e. The highest BCUT2D eigenvalue weighted by Crippen LogP contribution is 2.36. The summed E-state index contributed by atoms with van der Waals surface area (Å²) in [7, 11) is 0. The molecule has 2 aliphatic heterocycles. The van der Waals surface area contributed by atoms with Gasteiger partial charge in [0, 0.05) is 61.0 Å². The molecule has 0 spiro atoms. The number of aromatic nitrogens is 3. The van der Waals surface area contributed by atoms with Gasteiger partial charge < -0.3 is 25.8 Å². The Morgan fingerprint density at radius 1 is 1.00 bits per heavy atom. The summed E-state index contributed by atoms with van der Waals surface area (Å²) < 4.78 is 0. The topological polar surface area (TPSA) is 98.0 Å². The van der Waals surface area contributed by atoms with Crippen LogP contribution in [0.2, 0.25) is 0 Å². The number of hydrogen-bond acceptors (Lipinski definition) is 6. The van der Waals surface area contributed by atoms with Gasteiger partial charge in [0.15, 0.2) is 0 Å². The summed E-state index contributed by atoms with van der Waals surface area (Å²) in [5.74, 6) is 0.593. The normalized spacial score (nSPS) is 15.6. The number of aromatic amines is 1. The molecule has 2 aliphatic rings. The van der Waals surface area contributed by atoms with Crippen LogP contribution < -0.4 is 20.9 Å². The predicted molar refractivity (Wildman–Crippen MR) is 125 cm³/mol. The van der Waals surface area contributed by atoms with Gasteiger partial charge in [0.05, 0.1) is 35.0 Å². The Labute approximate surface area is 185 Å². The zero-order chi connectivity index (χ0) is 21.5. The first kappa shape index (κ1) is 18.8. The molecule has 0 atom stereocenters. The Balaban J connectivity index is 1.33. The van der Waals surface area contributed by atoms with Crippen LogP contribution in [-0.4, -0.2) is 47.0 Å². The van der Waals surface area contributed by atoms with Crippen LogP contribution in [0.25, 0.3) is 22.2 Å². The Kier molecular flexibility index (Phi) is 4.50. The maximum atomic E-state index is 12.7. The van der Waals surface area contributed by atoms with E-state index in [1.807, 2.05) is 36.7 Å². The number of para-hydroxylation sites is 1. The minimum atomic E-state index is -0.0940. The molecule has 1 saturated heterocycles. The molecule has 8 nitrogen and oxygen atoms in total. The summed E-state index contributed by atoms with van der Waals surface area (Å²) in [6, 6.07) is 12.1. The lowest BCUT2D eigenvalue weighted by Crippen LogP contribution is -2.43. The first-order chi connectivity index (χ1) is 15.8. The van der Waals surface area contributed by atoms with E-state index in [-0.39, 0.29) is 5.91 Å². The van der Waals surface area contributed by atoms with Crippen LogP contribution in [0.1, 0.15) is 15.9 Å². The van der Waals surface area contributed by atoms with Gasteiger partial charge in [-0.1, -0.05) is 18.2 Å². The summed E-state index contributed by atoms with van der Waals surface area (Å²) >= 11 is 0. The average Bonchev–Trinajstić information content (AvgIpc) is 3.45. The van der Waals surface area contributed by atoms with Crippen LogP contribution >= 0.6 is 0 Å². The molecule has 4 aromatic rings. The number of anilines is 3. The lowest BCUT2D eigenvalue weighted by Gasteiger charge is -2.29. The highest BCUT2D eigenvalue weighted by Gasteiger charge is 2.28. The van der Waals surface area contributed by atoms with Crippen molar-refractivity contribution in [3.8, 4) is 11.3 Å². The standard InChI is InChI=1S/C24H23N7O/c32-24-22-18(13-29-24)23(17-12-26-19-4-2-1-3-16(17)19)28-14-20(22)30-21-6-5-15(11-27-21)31-9-7-25-8-10-31/h1-6,11-12,14,25-26H,7-10,13H2,(H,27,30)(H,29,32). The number of benzene rings is 1. The molecule has 8 heteroatoms. The molecular formula is C24H23N7O. The number of amides is 1. The predicted octanol–water partition coefficient (Wildman–Crippen LogP) is 3.02. The maximum absolute atomic E-state index is 12.7. The van der Waals surface area contributed by atoms with Gasteiger partial charge in [-0.15, -0.1) is 0 Å². The zero-order valence-corrected chi connectivity index (χ0v) is 17.5. The average molecular weight is 425 g/mol. The Morgan fingerprint density at radius 2 is 1.88 bits per heavy atom. The molecular weight excluding hydrogens is 402 g/mol. The molecule has 4 N–H and O–H groups in total. The molecule has 3 aromatic heterocycles. The van der Waals surface area contributed by atoms with Gasteiger partial charge in [0.2, 0.25) is 0 Å². The summed E-state index contributed by atoms with van der Waals surface area (Å²) in [5.41, 5.74) is 6.18. The summed E-state index contributed by atoms with van der Waals surface area (Å²) in [6.45, 7) is 4.37. The molecule has 1 aromatic carbocycles. The number of H-pyrrole nitrogens is 1. The molecule has 6 rings (SSSR count). The van der Waals surface area contributed by atoms with Crippen molar-refractivity contribution in [2.75, 3.05) is 36.4 Å². The first-order valence-electron chi connectivity index (χ1n) is 10.8. The van der Waals surface area contributed by atoms with Crippen molar-refractivity contribution in [1.82, 2.24) is 25.6 Å². The molecule has 0 aliphatic carbocycles. The second kappa shape index (κ2) is 7.65. The third kappa shape index (κ3) is 3.16. The van der Waals surface area contributed by atoms with Crippen LogP contribution in [-0.2, 0) is 6.54 Å². The van der Waals surface area contributed by atoms with E-state index < -0.39 is 0 Å². The van der Waals surface area contributed by atoms with E-state index in [1.54, 1.807) is 6.20 Å². The summed E-state index contributed by atoms with van der Waals surface area (Å²) in [4.78, 5) is 27.6. The SMILES string of the molecule is O=C1NCc2c(-c3c[nH]c4ccccc34)ncc(Nc3ccc(N4CCNCC4)cn3)c21. The maximum Gasteiger partial charge on any atom is 0.254 e. The van der Waals surface area contributed by atoms with Crippen molar-refractivity contribution in [1.29, 1.82) is 0 Å². The number of hydrogen-bond donors (Lipinski definition) is 4. The molecule has 160 valence electrons. The first-order valence-corrected chi connectivity index (χ1v) is 10.8. The highest BCUT2D eigenvalue weighted by atomic mass is 16.1. The third-order valence-corrected chi connectivity index (χ3v) is 6.17. The second-order valence-electron chi connectivity index (χ2n) is 8.07. The fourth-order valence-electron chi connectivity index (χ4n) is 4.54. The van der Waals surface area contributed by atoms with Crippen molar-refractivity contribution in [3.63, 3.8) is 0 Å². The van der Waals surface area contributed by atoms with Crippen LogP contribution in [0.15, 0.2) is 55.0 Å². The van der Waals surface area contributed by atoms with Gasteiger partial charge in [0.25, 0.3) is 5.91 Å². The van der Waals surface area contributed by atoms with Gasteiger partial charge in [0.1, 0.15) is 5.82 Å². The fraction of sp³-hybridized carbons (Fsp3) is 0.208. The fourth-order valence-corrected chi connectivity index (χ4v) is 4.54. The molecule has 5 heterocycles. The van der Waals surface area contributed by atoms with Gasteiger partial charge in [-0.25, -0.2) is 4.98 Å². The number of fused-ring (bicyclic) bond motifs is 2. The lowest BCUT2D eigenvalue weighted by molar-refractivity contribution is 0.0966. The van der Waals surface area contributed by atoms with Crippen molar-refractivity contribution in [2.24, 2.45) is 0 Å². The monoisotopic (exact) mass is 425 g/mol. The number of nitrogens with one attached hydrogen (secondary N) is 4. The number of piperazine rings is 1. The van der Waals surface area contributed by atoms with Gasteiger partial charge in [-0.3, -0.25) is 9.78 Å². The number of carbonyl (C=O) groups is 1. The van der Waals surface area contributed by atoms with Crippen molar-refractivity contribution < 1.29 is 4.79 Å². The van der Waals surface area contributed by atoms with Crippen molar-refractivity contribution in [2.45, 2.75) is 6.54 Å². The van der Waals surface area contributed by atoms with Crippen LogP contribution in [0, 0.1) is 0 Å². The number of carbonyl (C=O) groups excluding carboxylic acids is 1. The molecule has 1 fully saturated rings. The van der Waals surface area contributed by atoms with Crippen LogP contribution in [0.5, 0.6) is 0 Å². The number of rotatable bonds is 4. The van der Waals surface area contributed by atoms with Crippen LogP contribution in [0.4, 0.5) is 17.2 Å². The van der Waals surface area contributed by atoms with Gasteiger partial charge in [-0.05, 0) is 18.2 Å². The number of nitrogens with zero attached hydrogens (tertiary/aromatic N) is 3. The van der Waals surface area contributed by atoms with E-state index in [0.29, 0.717) is 23.6 Å². The van der Waals surface area contributed by atoms with E-state index in [9.17, 15) is 4.79 Å². The second-order valence-corrected chi connectivity index (χ2v) is 8.07. The Morgan fingerprint density at radius 3 is 2.72 bits per heavy atom. The van der Waals surface area contributed by atoms with Gasteiger partial charge >= 0.3 is 0 Å². The molecule has 1 amide bonds. The van der Waals surface area contributed by atoms with E-state index in [4.69, 9.17) is 4.98 Å². The van der Waals surface area contributed by atoms with E-state index in [2.05, 4.69) is 43.0 Å². The van der Waals surface area contributed by atoms with E-state index in [1.165, 1.54) is 0 Å². The third-order valence-electron chi connectivity index (χ3n) is 6.17. The smallest absolute Gasteiger partial charge is 0.254 e. The molecule has 0 radical (unpaired) electrons. The highest BCUT2D eigenvalue weighted by molar-refractivity contribution is 6.07. The Hall–Kier alpha value is -3.91. The van der Waals surface area contributed by atoms with Gasteiger partial charge in [-0.2, -0.15) is 0 Å². The van der Waals surface area contributed by atoms with Crippen molar-refractivity contribution >= 4 is 34.0 Å². The quantitative estimate of drug-likeness (QED) is 0.401. The van der Waals surface area contributed by atoms with Crippen molar-refractivity contribution in [3.05, 3.63) is 66.1 Å². The molecule has 0 unspecified atom stereocenters. The van der Waals surface area contributed by atoms with E-state index in [0.717, 1.165) is 59.6 Å². The summed E-state index contributed by atoms with van der Waals surface area (Å²) in [5, 5.41) is 10.7. The van der Waals surface area contributed by atoms with E-state index >= 15 is 0 Å². The molecule has 32 heavy (non-hydrogen) atoms.